The van der Waals surface area contributed by atoms with Crippen molar-refractivity contribution in [3.8, 4) is 0 Å². The van der Waals surface area contributed by atoms with Gasteiger partial charge in [0.15, 0.2) is 0 Å². The molecule has 2 aliphatic heterocycles. The first kappa shape index (κ1) is 16.1. The molecule has 7 heteroatoms. The fourth-order valence-corrected chi connectivity index (χ4v) is 3.21. The Hall–Kier alpha value is -1.30. The summed E-state index contributed by atoms with van der Waals surface area (Å²) in [5.74, 6) is -0.113. The molecule has 3 atom stereocenters. The largest absolute Gasteiger partial charge is 0.464 e. The van der Waals surface area contributed by atoms with Crippen molar-refractivity contribution in [3.63, 3.8) is 0 Å². The van der Waals surface area contributed by atoms with Crippen LogP contribution in [0.5, 0.6) is 0 Å². The van der Waals surface area contributed by atoms with Gasteiger partial charge in [-0.1, -0.05) is 0 Å². The summed E-state index contributed by atoms with van der Waals surface area (Å²) in [5.41, 5.74) is 1.12. The molecule has 0 aromatic carbocycles. The number of nitrogens with one attached hydrogen (secondary N) is 2. The zero-order valence-electron chi connectivity index (χ0n) is 11.2. The van der Waals surface area contributed by atoms with E-state index in [2.05, 4.69) is 15.6 Å². The SMILES string of the molecule is Cl.Cl.O=C(N[C@@H]1CC2CCC1N2)c1cc2occc2cn1. The predicted octanol–water partition coefficient (Wildman–Crippen LogP) is 2.29. The lowest BCUT2D eigenvalue weighted by molar-refractivity contribution is 0.0926. The minimum atomic E-state index is -0.113. The van der Waals surface area contributed by atoms with Gasteiger partial charge >= 0.3 is 0 Å². The van der Waals surface area contributed by atoms with Crippen molar-refractivity contribution in [2.75, 3.05) is 0 Å². The van der Waals surface area contributed by atoms with Gasteiger partial charge in [-0.05, 0) is 25.3 Å². The third-order valence-corrected chi connectivity index (χ3v) is 4.19. The van der Waals surface area contributed by atoms with Crippen molar-refractivity contribution in [1.29, 1.82) is 0 Å². The number of hydrogen-bond donors (Lipinski definition) is 2. The topological polar surface area (TPSA) is 67.2 Å². The molecule has 4 heterocycles. The van der Waals surface area contributed by atoms with E-state index in [-0.39, 0.29) is 36.8 Å². The van der Waals surface area contributed by atoms with Crippen molar-refractivity contribution >= 4 is 41.7 Å². The Morgan fingerprint density at radius 2 is 2.24 bits per heavy atom. The molecule has 21 heavy (non-hydrogen) atoms. The molecule has 2 aliphatic rings. The third kappa shape index (κ3) is 2.86. The molecule has 2 saturated heterocycles. The van der Waals surface area contributed by atoms with Crippen LogP contribution in [0.1, 0.15) is 29.8 Å². The molecule has 0 saturated carbocycles. The van der Waals surface area contributed by atoms with Crippen LogP contribution in [0.25, 0.3) is 11.0 Å². The van der Waals surface area contributed by atoms with E-state index in [1.54, 1.807) is 18.5 Å². The zero-order chi connectivity index (χ0) is 12.8. The highest BCUT2D eigenvalue weighted by molar-refractivity contribution is 5.95. The second kappa shape index (κ2) is 6.22. The molecule has 0 spiro atoms. The average Bonchev–Trinajstić information content (AvgIpc) is 3.13. The van der Waals surface area contributed by atoms with E-state index in [1.807, 2.05) is 6.07 Å². The molecule has 2 N–H and O–H groups in total. The number of pyridine rings is 1. The summed E-state index contributed by atoms with van der Waals surface area (Å²) in [5, 5.41) is 7.50. The summed E-state index contributed by atoms with van der Waals surface area (Å²) in [6.07, 6.45) is 6.69. The van der Waals surface area contributed by atoms with Gasteiger partial charge in [0.2, 0.25) is 0 Å². The van der Waals surface area contributed by atoms with Gasteiger partial charge in [-0.25, -0.2) is 0 Å². The van der Waals surface area contributed by atoms with Gasteiger partial charge in [-0.2, -0.15) is 0 Å². The van der Waals surface area contributed by atoms with Crippen molar-refractivity contribution < 1.29 is 9.21 Å². The molecule has 4 rings (SSSR count). The van der Waals surface area contributed by atoms with Crippen LogP contribution in [0.4, 0.5) is 0 Å². The molecule has 2 aromatic rings. The molecule has 2 unspecified atom stereocenters. The third-order valence-electron chi connectivity index (χ3n) is 4.19. The number of amides is 1. The molecule has 5 nitrogen and oxygen atoms in total. The van der Waals surface area contributed by atoms with Crippen LogP contribution in [0.2, 0.25) is 0 Å². The minimum absolute atomic E-state index is 0. The molecule has 0 radical (unpaired) electrons. The van der Waals surface area contributed by atoms with Crippen LogP contribution in [0, 0.1) is 0 Å². The van der Waals surface area contributed by atoms with Crippen LogP contribution in [0.3, 0.4) is 0 Å². The predicted molar refractivity (Wildman–Crippen MR) is 84.3 cm³/mol. The van der Waals surface area contributed by atoms with Crippen LogP contribution < -0.4 is 10.6 Å². The Morgan fingerprint density at radius 3 is 2.95 bits per heavy atom. The summed E-state index contributed by atoms with van der Waals surface area (Å²) in [7, 11) is 0. The molecular weight excluding hydrogens is 313 g/mol. The lowest BCUT2D eigenvalue weighted by Crippen LogP contribution is -2.43. The van der Waals surface area contributed by atoms with E-state index >= 15 is 0 Å². The van der Waals surface area contributed by atoms with Crippen molar-refractivity contribution in [2.24, 2.45) is 0 Å². The number of fused-ring (bicyclic) bond motifs is 3. The van der Waals surface area contributed by atoms with Gasteiger partial charge in [-0.3, -0.25) is 9.78 Å². The van der Waals surface area contributed by atoms with Gasteiger partial charge in [0.1, 0.15) is 11.3 Å². The highest BCUT2D eigenvalue weighted by Gasteiger charge is 2.39. The smallest absolute Gasteiger partial charge is 0.270 e. The Bertz CT molecular complexity index is 646. The summed E-state index contributed by atoms with van der Waals surface area (Å²) in [4.78, 5) is 16.4. The first-order chi connectivity index (χ1) is 9.29. The molecule has 2 aromatic heterocycles. The van der Waals surface area contributed by atoms with Crippen molar-refractivity contribution in [2.45, 2.75) is 37.4 Å². The molecular formula is C14H17Cl2N3O2. The minimum Gasteiger partial charge on any atom is -0.464 e. The maximum absolute atomic E-state index is 12.2. The monoisotopic (exact) mass is 329 g/mol. The highest BCUT2D eigenvalue weighted by atomic mass is 35.5. The molecule has 2 bridgehead atoms. The van der Waals surface area contributed by atoms with Crippen LogP contribution in [-0.2, 0) is 0 Å². The summed E-state index contributed by atoms with van der Waals surface area (Å²) >= 11 is 0. The van der Waals surface area contributed by atoms with Gasteiger partial charge < -0.3 is 15.1 Å². The fourth-order valence-electron chi connectivity index (χ4n) is 3.21. The van der Waals surface area contributed by atoms with Gasteiger partial charge in [0.05, 0.1) is 6.26 Å². The van der Waals surface area contributed by atoms with Gasteiger partial charge in [-0.15, -0.1) is 24.8 Å². The van der Waals surface area contributed by atoms with E-state index < -0.39 is 0 Å². The van der Waals surface area contributed by atoms with E-state index in [0.29, 0.717) is 23.4 Å². The first-order valence-corrected chi connectivity index (χ1v) is 6.70. The van der Waals surface area contributed by atoms with Gasteiger partial charge in [0, 0.05) is 35.8 Å². The Kier molecular flexibility index (Phi) is 4.76. The van der Waals surface area contributed by atoms with Crippen molar-refractivity contribution in [3.05, 3.63) is 30.3 Å². The van der Waals surface area contributed by atoms with Crippen molar-refractivity contribution in [1.82, 2.24) is 15.6 Å². The number of carbonyl (C=O) groups excluding carboxylic acids is 1. The quantitative estimate of drug-likeness (QED) is 0.887. The highest BCUT2D eigenvalue weighted by Crippen LogP contribution is 2.28. The number of carbonyl (C=O) groups is 1. The van der Waals surface area contributed by atoms with E-state index in [0.717, 1.165) is 18.2 Å². The van der Waals surface area contributed by atoms with Crippen LogP contribution in [-0.4, -0.2) is 29.0 Å². The molecule has 2 fully saturated rings. The summed E-state index contributed by atoms with van der Waals surface area (Å²) < 4.78 is 5.30. The Balaban J connectivity index is 0.000000807. The lowest BCUT2D eigenvalue weighted by Gasteiger charge is -2.21. The maximum Gasteiger partial charge on any atom is 0.270 e. The number of hydrogen-bond acceptors (Lipinski definition) is 4. The van der Waals surface area contributed by atoms with E-state index in [9.17, 15) is 4.79 Å². The average molecular weight is 330 g/mol. The van der Waals surface area contributed by atoms with Crippen LogP contribution >= 0.6 is 24.8 Å². The zero-order valence-corrected chi connectivity index (χ0v) is 12.9. The number of furan rings is 1. The number of halogens is 2. The van der Waals surface area contributed by atoms with Crippen LogP contribution in [0.15, 0.2) is 29.0 Å². The summed E-state index contributed by atoms with van der Waals surface area (Å²) in [6, 6.07) is 4.78. The maximum atomic E-state index is 12.2. The second-order valence-electron chi connectivity index (χ2n) is 5.39. The van der Waals surface area contributed by atoms with E-state index in [4.69, 9.17) is 4.42 Å². The fraction of sp³-hybridized carbons (Fsp3) is 0.429. The van der Waals surface area contributed by atoms with Gasteiger partial charge in [0.25, 0.3) is 5.91 Å². The van der Waals surface area contributed by atoms with E-state index in [1.165, 1.54) is 6.42 Å². The lowest BCUT2D eigenvalue weighted by atomic mass is 9.95. The number of aromatic nitrogens is 1. The molecule has 0 aliphatic carbocycles. The molecule has 1 amide bonds. The number of rotatable bonds is 2. The Morgan fingerprint density at radius 1 is 1.38 bits per heavy atom. The first-order valence-electron chi connectivity index (χ1n) is 6.70. The summed E-state index contributed by atoms with van der Waals surface area (Å²) in [6.45, 7) is 0. The second-order valence-corrected chi connectivity index (χ2v) is 5.39. The standard InChI is InChI=1S/C14H15N3O2.2ClH/c18-14(17-11-5-9-1-2-10(11)16-9)12-6-13-8(7-15-12)3-4-19-13;;/h3-4,6-7,9-11,16H,1-2,5H2,(H,17,18);2*1H/t9?,10?,11-;;/m1../s1. The number of nitrogens with zero attached hydrogens (tertiary/aromatic N) is 1. The normalized spacial score (nSPS) is 26.2. The Labute approximate surface area is 134 Å². The molecule has 114 valence electrons.